The third kappa shape index (κ3) is 4.53. The topological polar surface area (TPSA) is 71.1 Å². The average Bonchev–Trinajstić information content (AvgIpc) is 2.66. The first kappa shape index (κ1) is 19.5. The molecule has 3 aromatic rings. The lowest BCUT2D eigenvalue weighted by Crippen LogP contribution is -2.17. The standard InChI is InChI=1S/C21H17ClFN3O2/c1-12-9-13(2)19(17(22)10-12)26-21(28)18-11-14(7-8-24-18)20(27)25-16-5-3-15(23)4-6-16/h3-11H,1-2H3,(H,25,27)(H,26,28). The van der Waals surface area contributed by atoms with Gasteiger partial charge < -0.3 is 10.6 Å². The van der Waals surface area contributed by atoms with E-state index < -0.39 is 17.6 Å². The maximum Gasteiger partial charge on any atom is 0.274 e. The van der Waals surface area contributed by atoms with Gasteiger partial charge in [-0.3, -0.25) is 14.6 Å². The molecular weight excluding hydrogens is 381 g/mol. The highest BCUT2D eigenvalue weighted by Gasteiger charge is 2.15. The smallest absolute Gasteiger partial charge is 0.274 e. The first-order valence-corrected chi connectivity index (χ1v) is 8.82. The van der Waals surface area contributed by atoms with E-state index in [9.17, 15) is 14.0 Å². The molecule has 0 bridgehead atoms. The summed E-state index contributed by atoms with van der Waals surface area (Å²) in [5.41, 5.74) is 3.07. The van der Waals surface area contributed by atoms with Crippen molar-refractivity contribution in [3.05, 3.63) is 88.0 Å². The Kier molecular flexibility index (Phi) is 5.70. The van der Waals surface area contributed by atoms with Crippen molar-refractivity contribution >= 4 is 34.8 Å². The van der Waals surface area contributed by atoms with Gasteiger partial charge >= 0.3 is 0 Å². The molecule has 5 nitrogen and oxygen atoms in total. The van der Waals surface area contributed by atoms with Crippen molar-refractivity contribution in [1.82, 2.24) is 4.98 Å². The summed E-state index contributed by atoms with van der Waals surface area (Å²) in [4.78, 5) is 29.0. The number of hydrogen-bond donors (Lipinski definition) is 2. The number of hydrogen-bond acceptors (Lipinski definition) is 3. The maximum atomic E-state index is 13.0. The van der Waals surface area contributed by atoms with Crippen LogP contribution in [0.25, 0.3) is 0 Å². The number of aromatic nitrogens is 1. The van der Waals surface area contributed by atoms with Gasteiger partial charge in [-0.25, -0.2) is 4.39 Å². The van der Waals surface area contributed by atoms with E-state index in [1.165, 1.54) is 42.6 Å². The Morgan fingerprint density at radius 3 is 2.36 bits per heavy atom. The second kappa shape index (κ2) is 8.19. The van der Waals surface area contributed by atoms with Gasteiger partial charge in [0.25, 0.3) is 11.8 Å². The van der Waals surface area contributed by atoms with Gasteiger partial charge in [0.05, 0.1) is 10.7 Å². The summed E-state index contributed by atoms with van der Waals surface area (Å²) < 4.78 is 13.0. The molecule has 0 aliphatic heterocycles. The van der Waals surface area contributed by atoms with Crippen molar-refractivity contribution < 1.29 is 14.0 Å². The number of pyridine rings is 1. The molecule has 142 valence electrons. The molecule has 28 heavy (non-hydrogen) atoms. The number of carbonyl (C=O) groups is 2. The fourth-order valence-electron chi connectivity index (χ4n) is 2.68. The highest BCUT2D eigenvalue weighted by molar-refractivity contribution is 6.34. The first-order chi connectivity index (χ1) is 13.3. The molecule has 2 N–H and O–H groups in total. The van der Waals surface area contributed by atoms with Gasteiger partial charge in [-0.2, -0.15) is 0 Å². The number of benzene rings is 2. The second-order valence-corrected chi connectivity index (χ2v) is 6.69. The van der Waals surface area contributed by atoms with Crippen LogP contribution in [0.15, 0.2) is 54.7 Å². The minimum atomic E-state index is -0.481. The molecule has 0 saturated carbocycles. The van der Waals surface area contributed by atoms with Crippen LogP contribution in [-0.2, 0) is 0 Å². The lowest BCUT2D eigenvalue weighted by molar-refractivity contribution is 0.102. The summed E-state index contributed by atoms with van der Waals surface area (Å²) in [6, 6.07) is 11.9. The lowest BCUT2D eigenvalue weighted by Gasteiger charge is -2.12. The SMILES string of the molecule is Cc1cc(C)c(NC(=O)c2cc(C(=O)Nc3ccc(F)cc3)ccn2)c(Cl)c1. The van der Waals surface area contributed by atoms with Gasteiger partial charge in [0.15, 0.2) is 0 Å². The third-order valence-corrected chi connectivity index (χ3v) is 4.33. The van der Waals surface area contributed by atoms with Crippen molar-refractivity contribution in [3.63, 3.8) is 0 Å². The van der Waals surface area contributed by atoms with E-state index in [1.54, 1.807) is 6.07 Å². The van der Waals surface area contributed by atoms with Crippen molar-refractivity contribution in [3.8, 4) is 0 Å². The van der Waals surface area contributed by atoms with Gasteiger partial charge in [0.2, 0.25) is 0 Å². The van der Waals surface area contributed by atoms with E-state index in [1.807, 2.05) is 19.9 Å². The van der Waals surface area contributed by atoms with Gasteiger partial charge in [0, 0.05) is 17.4 Å². The number of halogens is 2. The van der Waals surface area contributed by atoms with Crippen LogP contribution >= 0.6 is 11.6 Å². The van der Waals surface area contributed by atoms with Gasteiger partial charge in [-0.1, -0.05) is 17.7 Å². The van der Waals surface area contributed by atoms with Crippen molar-refractivity contribution in [2.75, 3.05) is 10.6 Å². The summed E-state index contributed by atoms with van der Waals surface area (Å²) in [5, 5.41) is 5.80. The van der Waals surface area contributed by atoms with Crippen LogP contribution in [-0.4, -0.2) is 16.8 Å². The molecule has 0 aliphatic rings. The van der Waals surface area contributed by atoms with E-state index in [4.69, 9.17) is 11.6 Å². The molecule has 0 aliphatic carbocycles. The largest absolute Gasteiger partial charge is 0.322 e. The number of amides is 2. The van der Waals surface area contributed by atoms with E-state index in [-0.39, 0.29) is 11.3 Å². The molecule has 7 heteroatoms. The quantitative estimate of drug-likeness (QED) is 0.651. The van der Waals surface area contributed by atoms with Crippen LogP contribution < -0.4 is 10.6 Å². The normalized spacial score (nSPS) is 10.4. The Hall–Kier alpha value is -3.25. The Balaban J connectivity index is 1.78. The molecule has 0 saturated heterocycles. The highest BCUT2D eigenvalue weighted by Crippen LogP contribution is 2.27. The van der Waals surface area contributed by atoms with E-state index in [0.29, 0.717) is 16.4 Å². The fraction of sp³-hybridized carbons (Fsp3) is 0.0952. The predicted octanol–water partition coefficient (Wildman–Crippen LogP) is 5.00. The molecule has 0 radical (unpaired) electrons. The second-order valence-electron chi connectivity index (χ2n) is 6.28. The monoisotopic (exact) mass is 397 g/mol. The minimum absolute atomic E-state index is 0.0720. The molecular formula is C21H17ClFN3O2. The lowest BCUT2D eigenvalue weighted by atomic mass is 10.1. The molecule has 2 aromatic carbocycles. The van der Waals surface area contributed by atoms with Crippen LogP contribution in [0.3, 0.4) is 0 Å². The predicted molar refractivity (Wildman–Crippen MR) is 107 cm³/mol. The fourth-order valence-corrected chi connectivity index (χ4v) is 3.05. The Morgan fingerprint density at radius 2 is 1.68 bits per heavy atom. The zero-order valence-electron chi connectivity index (χ0n) is 15.2. The summed E-state index contributed by atoms with van der Waals surface area (Å²) in [6.07, 6.45) is 1.37. The third-order valence-electron chi connectivity index (χ3n) is 4.03. The van der Waals surface area contributed by atoms with Crippen molar-refractivity contribution in [1.29, 1.82) is 0 Å². The zero-order chi connectivity index (χ0) is 20.3. The summed E-state index contributed by atoms with van der Waals surface area (Å²) in [6.45, 7) is 3.75. The molecule has 0 atom stereocenters. The number of rotatable bonds is 4. The van der Waals surface area contributed by atoms with Gasteiger partial charge in [-0.15, -0.1) is 0 Å². The van der Waals surface area contributed by atoms with Crippen LogP contribution in [0.5, 0.6) is 0 Å². The molecule has 0 spiro atoms. The van der Waals surface area contributed by atoms with E-state index in [0.717, 1.165) is 11.1 Å². The van der Waals surface area contributed by atoms with E-state index >= 15 is 0 Å². The first-order valence-electron chi connectivity index (χ1n) is 8.44. The average molecular weight is 398 g/mol. The van der Waals surface area contributed by atoms with Crippen LogP contribution in [0.2, 0.25) is 5.02 Å². The van der Waals surface area contributed by atoms with Crippen molar-refractivity contribution in [2.45, 2.75) is 13.8 Å². The summed E-state index contributed by atoms with van der Waals surface area (Å²) in [5.74, 6) is -1.32. The Bertz CT molecular complexity index is 1030. The molecule has 0 fully saturated rings. The Labute approximate surface area is 166 Å². The number of anilines is 2. The summed E-state index contributed by atoms with van der Waals surface area (Å²) >= 11 is 6.22. The number of carbonyl (C=O) groups excluding carboxylic acids is 2. The molecule has 3 rings (SSSR count). The number of nitrogens with one attached hydrogen (secondary N) is 2. The number of nitrogens with zero attached hydrogens (tertiary/aromatic N) is 1. The zero-order valence-corrected chi connectivity index (χ0v) is 16.0. The van der Waals surface area contributed by atoms with Gasteiger partial charge in [-0.05, 0) is 67.4 Å². The van der Waals surface area contributed by atoms with Crippen LogP contribution in [0.1, 0.15) is 32.0 Å². The molecule has 1 aromatic heterocycles. The Morgan fingerprint density at radius 1 is 0.964 bits per heavy atom. The minimum Gasteiger partial charge on any atom is -0.322 e. The van der Waals surface area contributed by atoms with Crippen LogP contribution in [0.4, 0.5) is 15.8 Å². The molecule has 2 amide bonds. The molecule has 0 unspecified atom stereocenters. The maximum absolute atomic E-state index is 13.0. The summed E-state index contributed by atoms with van der Waals surface area (Å²) in [7, 11) is 0. The van der Waals surface area contributed by atoms with Crippen LogP contribution in [0, 0.1) is 19.7 Å². The highest BCUT2D eigenvalue weighted by atomic mass is 35.5. The van der Waals surface area contributed by atoms with Crippen molar-refractivity contribution in [2.24, 2.45) is 0 Å². The number of aryl methyl sites for hydroxylation is 2. The van der Waals surface area contributed by atoms with E-state index in [2.05, 4.69) is 15.6 Å². The van der Waals surface area contributed by atoms with Gasteiger partial charge in [0.1, 0.15) is 11.5 Å². The molecule has 1 heterocycles.